The standard InChI is InChI=1S/C11H16N2O4/c14-9-4-3-7(12-9)11(17)13-8(5-10(15)16)6-1-2-6/h6-8H,1-5H2,(H,12,14)(H,13,17)(H,15,16)/t7-,8?/m0/s1. The molecule has 0 aromatic carbocycles. The van der Waals surface area contributed by atoms with Crippen LogP contribution in [0.2, 0.25) is 0 Å². The van der Waals surface area contributed by atoms with Gasteiger partial charge in [0.2, 0.25) is 11.8 Å². The molecule has 2 fully saturated rings. The van der Waals surface area contributed by atoms with Crippen molar-refractivity contribution in [3.8, 4) is 0 Å². The predicted octanol–water partition coefficient (Wildman–Crippen LogP) is -0.366. The molecule has 3 N–H and O–H groups in total. The smallest absolute Gasteiger partial charge is 0.305 e. The Hall–Kier alpha value is -1.59. The summed E-state index contributed by atoms with van der Waals surface area (Å²) in [4.78, 5) is 33.5. The van der Waals surface area contributed by atoms with Gasteiger partial charge in [-0.15, -0.1) is 0 Å². The molecule has 2 atom stereocenters. The minimum atomic E-state index is -0.905. The zero-order chi connectivity index (χ0) is 12.4. The summed E-state index contributed by atoms with van der Waals surface area (Å²) in [5, 5.41) is 14.1. The second-order valence-electron chi connectivity index (χ2n) is 4.71. The molecule has 0 aromatic rings. The number of aliphatic carboxylic acids is 1. The highest BCUT2D eigenvalue weighted by Crippen LogP contribution is 2.34. The second-order valence-corrected chi connectivity index (χ2v) is 4.71. The molecule has 0 radical (unpaired) electrons. The van der Waals surface area contributed by atoms with Gasteiger partial charge in [0, 0.05) is 12.5 Å². The van der Waals surface area contributed by atoms with Gasteiger partial charge >= 0.3 is 5.97 Å². The Kier molecular flexibility index (Phi) is 3.31. The highest BCUT2D eigenvalue weighted by Gasteiger charge is 2.36. The normalized spacial score (nSPS) is 25.2. The minimum absolute atomic E-state index is 0.0446. The molecular weight excluding hydrogens is 224 g/mol. The first kappa shape index (κ1) is 11.9. The topological polar surface area (TPSA) is 95.5 Å². The third-order valence-corrected chi connectivity index (χ3v) is 3.23. The van der Waals surface area contributed by atoms with Crippen LogP contribution in [0.5, 0.6) is 0 Å². The van der Waals surface area contributed by atoms with Crippen molar-refractivity contribution in [2.75, 3.05) is 0 Å². The van der Waals surface area contributed by atoms with Gasteiger partial charge in [0.1, 0.15) is 6.04 Å². The van der Waals surface area contributed by atoms with E-state index in [1.54, 1.807) is 0 Å². The van der Waals surface area contributed by atoms with Gasteiger partial charge in [-0.3, -0.25) is 14.4 Å². The van der Waals surface area contributed by atoms with E-state index < -0.39 is 12.0 Å². The third kappa shape index (κ3) is 3.18. The van der Waals surface area contributed by atoms with E-state index in [9.17, 15) is 14.4 Å². The Morgan fingerprint density at radius 1 is 1.41 bits per heavy atom. The van der Waals surface area contributed by atoms with Crippen molar-refractivity contribution in [2.24, 2.45) is 5.92 Å². The van der Waals surface area contributed by atoms with Crippen LogP contribution in [0.4, 0.5) is 0 Å². The zero-order valence-electron chi connectivity index (χ0n) is 9.44. The van der Waals surface area contributed by atoms with Crippen LogP contribution in [0.1, 0.15) is 32.1 Å². The Labute approximate surface area is 98.8 Å². The van der Waals surface area contributed by atoms with Crippen molar-refractivity contribution in [1.82, 2.24) is 10.6 Å². The Balaban J connectivity index is 1.86. The maximum atomic E-state index is 11.8. The van der Waals surface area contributed by atoms with Crippen LogP contribution in [0.25, 0.3) is 0 Å². The highest BCUT2D eigenvalue weighted by molar-refractivity contribution is 5.91. The summed E-state index contributed by atoms with van der Waals surface area (Å²) in [6, 6.07) is -0.782. The summed E-state index contributed by atoms with van der Waals surface area (Å²) < 4.78 is 0. The summed E-state index contributed by atoms with van der Waals surface area (Å²) in [7, 11) is 0. The van der Waals surface area contributed by atoms with Gasteiger partial charge in [-0.1, -0.05) is 0 Å². The molecule has 1 aliphatic carbocycles. The number of amides is 2. The van der Waals surface area contributed by atoms with E-state index >= 15 is 0 Å². The molecule has 0 aromatic heterocycles. The van der Waals surface area contributed by atoms with Crippen molar-refractivity contribution in [2.45, 2.75) is 44.2 Å². The molecule has 2 rings (SSSR count). The van der Waals surface area contributed by atoms with Gasteiger partial charge in [0.05, 0.1) is 6.42 Å². The average Bonchev–Trinajstić information content (AvgIpc) is 2.99. The first-order chi connectivity index (χ1) is 8.06. The Bertz CT molecular complexity index is 351. The van der Waals surface area contributed by atoms with Gasteiger partial charge in [0.25, 0.3) is 0 Å². The first-order valence-corrected chi connectivity index (χ1v) is 5.88. The quantitative estimate of drug-likeness (QED) is 0.611. The molecule has 6 nitrogen and oxygen atoms in total. The van der Waals surface area contributed by atoms with Gasteiger partial charge in [-0.05, 0) is 25.2 Å². The van der Waals surface area contributed by atoms with Crippen molar-refractivity contribution in [3.63, 3.8) is 0 Å². The number of carbonyl (C=O) groups excluding carboxylic acids is 2. The lowest BCUT2D eigenvalue weighted by molar-refractivity contribution is -0.138. The number of nitrogens with one attached hydrogen (secondary N) is 2. The Morgan fingerprint density at radius 2 is 2.12 bits per heavy atom. The van der Waals surface area contributed by atoms with Gasteiger partial charge in [-0.25, -0.2) is 0 Å². The van der Waals surface area contributed by atoms with Crippen molar-refractivity contribution >= 4 is 17.8 Å². The van der Waals surface area contributed by atoms with E-state index in [1.807, 2.05) is 0 Å². The van der Waals surface area contributed by atoms with E-state index in [0.717, 1.165) is 12.8 Å². The fraction of sp³-hybridized carbons (Fsp3) is 0.727. The molecule has 0 bridgehead atoms. The minimum Gasteiger partial charge on any atom is -0.481 e. The van der Waals surface area contributed by atoms with Crippen LogP contribution in [-0.2, 0) is 14.4 Å². The van der Waals surface area contributed by atoms with Gasteiger partial charge in [-0.2, -0.15) is 0 Å². The molecule has 17 heavy (non-hydrogen) atoms. The molecule has 1 heterocycles. The van der Waals surface area contributed by atoms with Crippen LogP contribution >= 0.6 is 0 Å². The molecule has 1 saturated carbocycles. The number of hydrogen-bond donors (Lipinski definition) is 3. The SMILES string of the molecule is O=C(O)CC(NC(=O)[C@@H]1CCC(=O)N1)C1CC1. The van der Waals surface area contributed by atoms with E-state index in [1.165, 1.54) is 0 Å². The van der Waals surface area contributed by atoms with Crippen molar-refractivity contribution in [1.29, 1.82) is 0 Å². The van der Waals surface area contributed by atoms with E-state index in [4.69, 9.17) is 5.11 Å². The molecule has 0 spiro atoms. The summed E-state index contributed by atoms with van der Waals surface area (Å²) in [5.41, 5.74) is 0. The van der Waals surface area contributed by atoms with E-state index in [2.05, 4.69) is 10.6 Å². The number of rotatable bonds is 5. The van der Waals surface area contributed by atoms with E-state index in [-0.39, 0.29) is 30.2 Å². The van der Waals surface area contributed by atoms with Crippen LogP contribution in [0.15, 0.2) is 0 Å². The second kappa shape index (κ2) is 4.73. The first-order valence-electron chi connectivity index (χ1n) is 5.88. The third-order valence-electron chi connectivity index (χ3n) is 3.23. The number of hydrogen-bond acceptors (Lipinski definition) is 3. The fourth-order valence-electron chi connectivity index (χ4n) is 2.12. The van der Waals surface area contributed by atoms with Crippen LogP contribution < -0.4 is 10.6 Å². The summed E-state index contributed by atoms with van der Waals surface area (Å²) in [6.07, 6.45) is 2.75. The molecule has 1 saturated heterocycles. The number of carboxylic acid groups (broad SMARTS) is 1. The molecule has 6 heteroatoms. The van der Waals surface area contributed by atoms with Crippen LogP contribution in [0.3, 0.4) is 0 Å². The largest absolute Gasteiger partial charge is 0.481 e. The van der Waals surface area contributed by atoms with Crippen LogP contribution in [0, 0.1) is 5.92 Å². The average molecular weight is 240 g/mol. The maximum absolute atomic E-state index is 11.8. The van der Waals surface area contributed by atoms with Gasteiger partial charge in [0.15, 0.2) is 0 Å². The van der Waals surface area contributed by atoms with Crippen LogP contribution in [-0.4, -0.2) is 35.0 Å². The zero-order valence-corrected chi connectivity index (χ0v) is 9.44. The summed E-state index contributed by atoms with van der Waals surface area (Å²) in [6.45, 7) is 0. The van der Waals surface area contributed by atoms with Gasteiger partial charge < -0.3 is 15.7 Å². The summed E-state index contributed by atoms with van der Waals surface area (Å²) in [5.74, 6) is -0.995. The fourth-order valence-corrected chi connectivity index (χ4v) is 2.12. The Morgan fingerprint density at radius 3 is 2.59 bits per heavy atom. The lowest BCUT2D eigenvalue weighted by Crippen LogP contribution is -2.47. The molecule has 2 amide bonds. The maximum Gasteiger partial charge on any atom is 0.305 e. The monoisotopic (exact) mass is 240 g/mol. The summed E-state index contributed by atoms with van der Waals surface area (Å²) >= 11 is 0. The molecule has 1 aliphatic heterocycles. The van der Waals surface area contributed by atoms with E-state index in [0.29, 0.717) is 12.8 Å². The molecule has 1 unspecified atom stereocenters. The lowest BCUT2D eigenvalue weighted by atomic mass is 10.1. The molecule has 2 aliphatic rings. The lowest BCUT2D eigenvalue weighted by Gasteiger charge is -2.18. The highest BCUT2D eigenvalue weighted by atomic mass is 16.4. The molecular formula is C11H16N2O4. The molecule has 94 valence electrons. The van der Waals surface area contributed by atoms with Crippen molar-refractivity contribution < 1.29 is 19.5 Å². The van der Waals surface area contributed by atoms with Crippen molar-refractivity contribution in [3.05, 3.63) is 0 Å². The number of carboxylic acids is 1. The predicted molar refractivity (Wildman–Crippen MR) is 58.1 cm³/mol. The number of carbonyl (C=O) groups is 3.